The van der Waals surface area contributed by atoms with E-state index in [-0.39, 0.29) is 11.3 Å². The first-order chi connectivity index (χ1) is 10.5. The van der Waals surface area contributed by atoms with Crippen LogP contribution in [0.2, 0.25) is 10.0 Å². The van der Waals surface area contributed by atoms with Crippen LogP contribution in [-0.4, -0.2) is 11.0 Å². The second-order valence-electron chi connectivity index (χ2n) is 4.34. The molecule has 4 nitrogen and oxygen atoms in total. The molecule has 0 unspecified atom stereocenters. The second kappa shape index (κ2) is 6.99. The first-order valence-corrected chi connectivity index (χ1v) is 6.92. The number of anilines is 1. The van der Waals surface area contributed by atoms with Gasteiger partial charge in [0.2, 0.25) is 0 Å². The van der Waals surface area contributed by atoms with E-state index in [9.17, 15) is 9.90 Å². The van der Waals surface area contributed by atoms with Gasteiger partial charge in [0.25, 0.3) is 5.91 Å². The molecule has 22 heavy (non-hydrogen) atoms. The van der Waals surface area contributed by atoms with Crippen LogP contribution in [0.15, 0.2) is 48.0 Å². The lowest BCUT2D eigenvalue weighted by Crippen LogP contribution is -2.13. The van der Waals surface area contributed by atoms with Crippen molar-refractivity contribution in [2.75, 3.05) is 5.32 Å². The Morgan fingerprint density at radius 1 is 1.23 bits per heavy atom. The number of carbonyl (C=O) groups excluding carboxylic acids is 1. The molecule has 0 radical (unpaired) electrons. The number of rotatable bonds is 3. The SMILES string of the molecule is N#C/C(=C\c1cccc(O)c1)C(=O)Nc1cc(Cl)ccc1Cl. The average Bonchev–Trinajstić information content (AvgIpc) is 2.48. The van der Waals surface area contributed by atoms with Gasteiger partial charge in [-0.3, -0.25) is 4.79 Å². The molecule has 2 aromatic carbocycles. The van der Waals surface area contributed by atoms with Gasteiger partial charge in [-0.25, -0.2) is 0 Å². The van der Waals surface area contributed by atoms with Crippen molar-refractivity contribution < 1.29 is 9.90 Å². The fraction of sp³-hybridized carbons (Fsp3) is 0. The lowest BCUT2D eigenvalue weighted by Gasteiger charge is -2.07. The van der Waals surface area contributed by atoms with Crippen molar-refractivity contribution in [1.29, 1.82) is 5.26 Å². The molecule has 0 bridgehead atoms. The fourth-order valence-corrected chi connectivity index (χ4v) is 2.05. The number of nitrogens with one attached hydrogen (secondary N) is 1. The van der Waals surface area contributed by atoms with Crippen LogP contribution in [0.25, 0.3) is 6.08 Å². The zero-order valence-electron chi connectivity index (χ0n) is 11.2. The number of amides is 1. The molecule has 0 aliphatic heterocycles. The molecular weight excluding hydrogens is 323 g/mol. The van der Waals surface area contributed by atoms with Crippen LogP contribution in [0.3, 0.4) is 0 Å². The molecule has 1 amide bonds. The van der Waals surface area contributed by atoms with Crippen LogP contribution in [0.1, 0.15) is 5.56 Å². The Bertz CT molecular complexity index is 795. The van der Waals surface area contributed by atoms with Crippen molar-refractivity contribution in [3.05, 3.63) is 63.6 Å². The van der Waals surface area contributed by atoms with Crippen LogP contribution >= 0.6 is 23.2 Å². The number of nitriles is 1. The molecule has 0 atom stereocenters. The monoisotopic (exact) mass is 332 g/mol. The molecule has 0 spiro atoms. The Kier molecular flexibility index (Phi) is 5.05. The van der Waals surface area contributed by atoms with Crippen LogP contribution < -0.4 is 5.32 Å². The number of phenols is 1. The van der Waals surface area contributed by atoms with Gasteiger partial charge in [-0.05, 0) is 42.0 Å². The Labute approximate surface area is 137 Å². The normalized spacial score (nSPS) is 10.9. The van der Waals surface area contributed by atoms with Gasteiger partial charge in [-0.2, -0.15) is 5.26 Å². The second-order valence-corrected chi connectivity index (χ2v) is 5.19. The third-order valence-corrected chi connectivity index (χ3v) is 3.29. The van der Waals surface area contributed by atoms with Crippen molar-refractivity contribution >= 4 is 40.9 Å². The van der Waals surface area contributed by atoms with E-state index in [4.69, 9.17) is 28.5 Å². The predicted molar refractivity (Wildman–Crippen MR) is 86.8 cm³/mol. The summed E-state index contributed by atoms with van der Waals surface area (Å²) in [6.45, 7) is 0. The maximum Gasteiger partial charge on any atom is 0.266 e. The summed E-state index contributed by atoms with van der Waals surface area (Å²) in [5.41, 5.74) is 0.724. The van der Waals surface area contributed by atoms with Crippen LogP contribution in [0.5, 0.6) is 5.75 Å². The van der Waals surface area contributed by atoms with Gasteiger partial charge in [-0.15, -0.1) is 0 Å². The fourth-order valence-electron chi connectivity index (χ4n) is 1.71. The molecule has 110 valence electrons. The third kappa shape index (κ3) is 4.01. The highest BCUT2D eigenvalue weighted by Gasteiger charge is 2.12. The molecule has 6 heteroatoms. The summed E-state index contributed by atoms with van der Waals surface area (Å²) in [6.07, 6.45) is 1.37. The average molecular weight is 333 g/mol. The van der Waals surface area contributed by atoms with Gasteiger partial charge < -0.3 is 10.4 Å². The van der Waals surface area contributed by atoms with E-state index in [1.807, 2.05) is 6.07 Å². The van der Waals surface area contributed by atoms with Gasteiger partial charge >= 0.3 is 0 Å². The van der Waals surface area contributed by atoms with E-state index in [1.165, 1.54) is 24.3 Å². The number of benzene rings is 2. The molecule has 0 aromatic heterocycles. The van der Waals surface area contributed by atoms with E-state index in [0.29, 0.717) is 21.3 Å². The summed E-state index contributed by atoms with van der Waals surface area (Å²) in [5, 5.41) is 21.8. The molecule has 0 fully saturated rings. The van der Waals surface area contributed by atoms with Crippen LogP contribution in [-0.2, 0) is 4.79 Å². The highest BCUT2D eigenvalue weighted by molar-refractivity contribution is 6.36. The number of hydrogen-bond donors (Lipinski definition) is 2. The zero-order chi connectivity index (χ0) is 16.1. The highest BCUT2D eigenvalue weighted by Crippen LogP contribution is 2.26. The molecular formula is C16H10Cl2N2O2. The zero-order valence-corrected chi connectivity index (χ0v) is 12.7. The number of halogens is 2. The molecule has 0 saturated heterocycles. The molecule has 0 aliphatic rings. The minimum atomic E-state index is -0.616. The quantitative estimate of drug-likeness (QED) is 0.652. The lowest BCUT2D eigenvalue weighted by atomic mass is 10.1. The summed E-state index contributed by atoms with van der Waals surface area (Å²) in [6, 6.07) is 12.7. The van der Waals surface area contributed by atoms with Crippen LogP contribution in [0, 0.1) is 11.3 Å². The summed E-state index contributed by atoms with van der Waals surface area (Å²) in [4.78, 5) is 12.1. The maximum absolute atomic E-state index is 12.1. The standard InChI is InChI=1S/C16H10Cl2N2O2/c17-12-4-5-14(18)15(8-12)20-16(22)11(9-19)6-10-2-1-3-13(21)7-10/h1-8,21H,(H,20,22)/b11-6+. The largest absolute Gasteiger partial charge is 0.508 e. The minimum Gasteiger partial charge on any atom is -0.508 e. The van der Waals surface area contributed by atoms with E-state index in [2.05, 4.69) is 5.32 Å². The molecule has 2 aromatic rings. The Balaban J connectivity index is 2.26. The first kappa shape index (κ1) is 15.9. The van der Waals surface area contributed by atoms with Gasteiger partial charge in [0.1, 0.15) is 17.4 Å². The number of aromatic hydroxyl groups is 1. The smallest absolute Gasteiger partial charge is 0.266 e. The number of phenolic OH excluding ortho intramolecular Hbond substituents is 1. The van der Waals surface area contributed by atoms with E-state index < -0.39 is 5.91 Å². The van der Waals surface area contributed by atoms with E-state index >= 15 is 0 Å². The molecule has 2 N–H and O–H groups in total. The van der Waals surface area contributed by atoms with Crippen molar-refractivity contribution in [1.82, 2.24) is 0 Å². The number of carbonyl (C=O) groups is 1. The van der Waals surface area contributed by atoms with E-state index in [0.717, 1.165) is 0 Å². The van der Waals surface area contributed by atoms with E-state index in [1.54, 1.807) is 24.3 Å². The molecule has 2 rings (SSSR count). The van der Waals surface area contributed by atoms with Gasteiger partial charge in [0, 0.05) is 5.02 Å². The van der Waals surface area contributed by atoms with Gasteiger partial charge in [-0.1, -0.05) is 35.3 Å². The predicted octanol–water partition coefficient (Wildman–Crippen LogP) is 4.24. The summed E-state index contributed by atoms with van der Waals surface area (Å²) in [5.74, 6) is -0.570. The maximum atomic E-state index is 12.1. The van der Waals surface area contributed by atoms with Gasteiger partial charge in [0.05, 0.1) is 10.7 Å². The number of nitrogens with zero attached hydrogens (tertiary/aromatic N) is 1. The Morgan fingerprint density at radius 3 is 2.68 bits per heavy atom. The highest BCUT2D eigenvalue weighted by atomic mass is 35.5. The molecule has 0 aliphatic carbocycles. The Morgan fingerprint density at radius 2 is 2.00 bits per heavy atom. The van der Waals surface area contributed by atoms with Crippen molar-refractivity contribution in [3.63, 3.8) is 0 Å². The third-order valence-electron chi connectivity index (χ3n) is 2.72. The Hall–Kier alpha value is -2.48. The van der Waals surface area contributed by atoms with Crippen LogP contribution in [0.4, 0.5) is 5.69 Å². The minimum absolute atomic E-state index is 0.0457. The topological polar surface area (TPSA) is 73.1 Å². The number of hydrogen-bond acceptors (Lipinski definition) is 3. The summed E-state index contributed by atoms with van der Waals surface area (Å²) < 4.78 is 0. The van der Waals surface area contributed by atoms with Gasteiger partial charge in [0.15, 0.2) is 0 Å². The first-order valence-electron chi connectivity index (χ1n) is 6.17. The lowest BCUT2D eigenvalue weighted by molar-refractivity contribution is -0.112. The van der Waals surface area contributed by atoms with Crippen molar-refractivity contribution in [3.8, 4) is 11.8 Å². The molecule has 0 saturated carbocycles. The van der Waals surface area contributed by atoms with Crippen molar-refractivity contribution in [2.24, 2.45) is 0 Å². The molecule has 0 heterocycles. The van der Waals surface area contributed by atoms with Crippen molar-refractivity contribution in [2.45, 2.75) is 0 Å². The summed E-state index contributed by atoms with van der Waals surface area (Å²) >= 11 is 11.8. The summed E-state index contributed by atoms with van der Waals surface area (Å²) in [7, 11) is 0.